The molecule has 7 heteroatoms. The Bertz CT molecular complexity index is 724. The van der Waals surface area contributed by atoms with Crippen molar-refractivity contribution in [1.82, 2.24) is 9.88 Å². The lowest BCUT2D eigenvalue weighted by molar-refractivity contribution is 0.0983. The third-order valence-electron chi connectivity index (χ3n) is 4.26. The van der Waals surface area contributed by atoms with Crippen molar-refractivity contribution >= 4 is 22.6 Å². The predicted octanol–water partition coefficient (Wildman–Crippen LogP) is 4.29. The first-order chi connectivity index (χ1) is 12.1. The van der Waals surface area contributed by atoms with Crippen LogP contribution in [-0.2, 0) is 4.74 Å². The number of hydrogen-bond acceptors (Lipinski definition) is 5. The number of aromatic nitrogens is 1. The molecule has 2 aromatic rings. The fourth-order valence-corrected chi connectivity index (χ4v) is 3.84. The van der Waals surface area contributed by atoms with Gasteiger partial charge in [-0.1, -0.05) is 0 Å². The first-order valence-corrected chi connectivity index (χ1v) is 9.30. The highest BCUT2D eigenvalue weighted by Gasteiger charge is 2.24. The second-order valence-corrected chi connectivity index (χ2v) is 7.24. The van der Waals surface area contributed by atoms with E-state index in [2.05, 4.69) is 10.3 Å². The molecule has 1 aromatic carbocycles. The largest absolute Gasteiger partial charge is 0.450 e. The van der Waals surface area contributed by atoms with Gasteiger partial charge in [0.25, 0.3) is 0 Å². The summed E-state index contributed by atoms with van der Waals surface area (Å²) in [7, 11) is 0. The number of ether oxygens (including phenoxy) is 1. The van der Waals surface area contributed by atoms with Gasteiger partial charge in [-0.05, 0) is 51.0 Å². The number of nitrogens with one attached hydrogen (secondary N) is 1. The summed E-state index contributed by atoms with van der Waals surface area (Å²) in [6.45, 7) is 5.61. The summed E-state index contributed by atoms with van der Waals surface area (Å²) in [6, 6.07) is 6.69. The van der Waals surface area contributed by atoms with Gasteiger partial charge in [-0.25, -0.2) is 14.2 Å². The molecule has 0 bridgehead atoms. The number of carbonyl (C=O) groups is 1. The number of amides is 1. The van der Waals surface area contributed by atoms with Gasteiger partial charge in [-0.3, -0.25) is 0 Å². The average Bonchev–Trinajstić information content (AvgIpc) is 2.97. The van der Waals surface area contributed by atoms with Crippen LogP contribution in [-0.4, -0.2) is 41.7 Å². The van der Waals surface area contributed by atoms with E-state index in [0.717, 1.165) is 34.1 Å². The molecule has 25 heavy (non-hydrogen) atoms. The van der Waals surface area contributed by atoms with Crippen LogP contribution >= 0.6 is 11.3 Å². The number of nitrogens with zero attached hydrogens (tertiary/aromatic N) is 2. The van der Waals surface area contributed by atoms with E-state index < -0.39 is 0 Å². The first kappa shape index (κ1) is 17.7. The molecule has 5 nitrogen and oxygen atoms in total. The lowest BCUT2D eigenvalue weighted by atomic mass is 10.1. The van der Waals surface area contributed by atoms with Gasteiger partial charge in [-0.15, -0.1) is 11.3 Å². The van der Waals surface area contributed by atoms with Gasteiger partial charge < -0.3 is 15.0 Å². The van der Waals surface area contributed by atoms with E-state index >= 15 is 0 Å². The standard InChI is InChI=1S/C18H22FN3O2S/c1-3-24-18(23)22-10-8-15(9-11-22)20-17-21-16(12(2)25-17)13-4-6-14(19)7-5-13/h4-7,15H,3,8-11H2,1-2H3,(H,20,21). The summed E-state index contributed by atoms with van der Waals surface area (Å²) in [5.41, 5.74) is 1.80. The van der Waals surface area contributed by atoms with Crippen LogP contribution in [0.2, 0.25) is 0 Å². The number of rotatable bonds is 4. The molecule has 1 aliphatic heterocycles. The molecule has 134 valence electrons. The molecule has 0 atom stereocenters. The molecule has 2 heterocycles. The van der Waals surface area contributed by atoms with Gasteiger partial charge in [0.15, 0.2) is 5.13 Å². The Hall–Kier alpha value is -2.15. The second-order valence-electron chi connectivity index (χ2n) is 6.04. The summed E-state index contributed by atoms with van der Waals surface area (Å²) < 4.78 is 18.1. The van der Waals surface area contributed by atoms with E-state index in [9.17, 15) is 9.18 Å². The molecule has 1 fully saturated rings. The quantitative estimate of drug-likeness (QED) is 0.880. The minimum absolute atomic E-state index is 0.232. The van der Waals surface area contributed by atoms with Crippen LogP contribution in [0.3, 0.4) is 0 Å². The van der Waals surface area contributed by atoms with Crippen molar-refractivity contribution in [1.29, 1.82) is 0 Å². The molecule has 0 unspecified atom stereocenters. The van der Waals surface area contributed by atoms with Crippen molar-refractivity contribution in [2.45, 2.75) is 32.7 Å². The summed E-state index contributed by atoms with van der Waals surface area (Å²) in [6.07, 6.45) is 1.50. The lowest BCUT2D eigenvalue weighted by Gasteiger charge is -2.31. The van der Waals surface area contributed by atoms with Crippen LogP contribution in [0.15, 0.2) is 24.3 Å². The maximum atomic E-state index is 13.1. The molecular weight excluding hydrogens is 341 g/mol. The highest BCUT2D eigenvalue weighted by atomic mass is 32.1. The van der Waals surface area contributed by atoms with E-state index in [1.807, 2.05) is 13.8 Å². The van der Waals surface area contributed by atoms with E-state index in [1.54, 1.807) is 28.4 Å². The molecule has 3 rings (SSSR count). The zero-order valence-electron chi connectivity index (χ0n) is 14.4. The van der Waals surface area contributed by atoms with Crippen LogP contribution in [0, 0.1) is 12.7 Å². The summed E-state index contributed by atoms with van der Waals surface area (Å²) in [4.78, 5) is 19.2. The van der Waals surface area contributed by atoms with E-state index in [1.165, 1.54) is 12.1 Å². The number of carbonyl (C=O) groups excluding carboxylic acids is 1. The molecule has 1 saturated heterocycles. The maximum absolute atomic E-state index is 13.1. The summed E-state index contributed by atoms with van der Waals surface area (Å²) in [5, 5.41) is 4.34. The van der Waals surface area contributed by atoms with Crippen LogP contribution < -0.4 is 5.32 Å². The number of hydrogen-bond donors (Lipinski definition) is 1. The van der Waals surface area contributed by atoms with E-state index in [4.69, 9.17) is 4.74 Å². The van der Waals surface area contributed by atoms with Gasteiger partial charge in [0.2, 0.25) is 0 Å². The number of benzene rings is 1. The third-order valence-corrected chi connectivity index (χ3v) is 5.16. The van der Waals surface area contributed by atoms with Crippen molar-refractivity contribution in [2.75, 3.05) is 25.0 Å². The average molecular weight is 363 g/mol. The fraction of sp³-hybridized carbons (Fsp3) is 0.444. The Labute approximate surface area is 150 Å². The van der Waals surface area contributed by atoms with Crippen molar-refractivity contribution < 1.29 is 13.9 Å². The molecule has 0 saturated carbocycles. The number of thiazole rings is 1. The van der Waals surface area contributed by atoms with Crippen LogP contribution in [0.5, 0.6) is 0 Å². The molecule has 0 spiro atoms. The monoisotopic (exact) mass is 363 g/mol. The predicted molar refractivity (Wildman–Crippen MR) is 97.5 cm³/mol. The van der Waals surface area contributed by atoms with Gasteiger partial charge in [0.05, 0.1) is 12.3 Å². The third kappa shape index (κ3) is 4.28. The molecule has 1 N–H and O–H groups in total. The summed E-state index contributed by atoms with van der Waals surface area (Å²) in [5.74, 6) is -0.247. The fourth-order valence-electron chi connectivity index (χ4n) is 2.93. The summed E-state index contributed by atoms with van der Waals surface area (Å²) >= 11 is 1.60. The highest BCUT2D eigenvalue weighted by molar-refractivity contribution is 7.16. The topological polar surface area (TPSA) is 54.5 Å². The van der Waals surface area contributed by atoms with Gasteiger partial charge in [-0.2, -0.15) is 0 Å². The van der Waals surface area contributed by atoms with E-state index in [0.29, 0.717) is 19.7 Å². The maximum Gasteiger partial charge on any atom is 0.409 e. The van der Waals surface area contributed by atoms with Crippen molar-refractivity contribution in [3.8, 4) is 11.3 Å². The number of aryl methyl sites for hydroxylation is 1. The normalized spacial score (nSPS) is 15.2. The SMILES string of the molecule is CCOC(=O)N1CCC(Nc2nc(-c3ccc(F)cc3)c(C)s2)CC1. The van der Waals surface area contributed by atoms with Crippen molar-refractivity contribution in [3.63, 3.8) is 0 Å². The lowest BCUT2D eigenvalue weighted by Crippen LogP contribution is -2.42. The number of piperidine rings is 1. The van der Waals surface area contributed by atoms with Crippen molar-refractivity contribution in [2.24, 2.45) is 0 Å². The Morgan fingerprint density at radius 1 is 1.36 bits per heavy atom. The Kier molecular flexibility index (Phi) is 5.53. The Balaban J connectivity index is 1.60. The minimum Gasteiger partial charge on any atom is -0.450 e. The van der Waals surface area contributed by atoms with Crippen LogP contribution in [0.1, 0.15) is 24.6 Å². The highest BCUT2D eigenvalue weighted by Crippen LogP contribution is 2.31. The number of anilines is 1. The Morgan fingerprint density at radius 3 is 2.68 bits per heavy atom. The zero-order chi connectivity index (χ0) is 17.8. The van der Waals surface area contributed by atoms with Crippen molar-refractivity contribution in [3.05, 3.63) is 35.0 Å². The van der Waals surface area contributed by atoms with Gasteiger partial charge in [0, 0.05) is 29.6 Å². The number of likely N-dealkylation sites (tertiary alicyclic amines) is 1. The Morgan fingerprint density at radius 2 is 2.04 bits per heavy atom. The van der Waals surface area contributed by atoms with Crippen LogP contribution in [0.25, 0.3) is 11.3 Å². The molecule has 1 aromatic heterocycles. The smallest absolute Gasteiger partial charge is 0.409 e. The van der Waals surface area contributed by atoms with Gasteiger partial charge in [0.1, 0.15) is 5.82 Å². The first-order valence-electron chi connectivity index (χ1n) is 8.48. The molecule has 0 aliphatic carbocycles. The molecular formula is C18H22FN3O2S. The molecule has 1 amide bonds. The minimum atomic E-state index is -0.247. The number of halogens is 1. The second kappa shape index (κ2) is 7.82. The van der Waals surface area contributed by atoms with Gasteiger partial charge >= 0.3 is 6.09 Å². The molecule has 1 aliphatic rings. The van der Waals surface area contributed by atoms with Crippen LogP contribution in [0.4, 0.5) is 14.3 Å². The van der Waals surface area contributed by atoms with E-state index in [-0.39, 0.29) is 18.0 Å². The molecule has 0 radical (unpaired) electrons. The zero-order valence-corrected chi connectivity index (χ0v) is 15.2.